The lowest BCUT2D eigenvalue weighted by molar-refractivity contribution is 0.0696. The minimum absolute atomic E-state index is 0.0425. The van der Waals surface area contributed by atoms with Crippen molar-refractivity contribution in [1.82, 2.24) is 0 Å². The molecule has 4 nitrogen and oxygen atoms in total. The molecule has 18 heavy (non-hydrogen) atoms. The normalized spacial score (nSPS) is 11.4. The summed E-state index contributed by atoms with van der Waals surface area (Å²) in [6.07, 6.45) is 2.49. The number of thioether (sulfide) groups is 1. The van der Waals surface area contributed by atoms with Crippen molar-refractivity contribution in [2.75, 3.05) is 17.8 Å². The maximum Gasteiger partial charge on any atom is 0.335 e. The summed E-state index contributed by atoms with van der Waals surface area (Å²) < 4.78 is 24.0. The third-order valence-electron chi connectivity index (χ3n) is 2.56. The van der Waals surface area contributed by atoms with Crippen molar-refractivity contribution < 1.29 is 18.3 Å². The molecule has 0 unspecified atom stereocenters. The van der Waals surface area contributed by atoms with Crippen LogP contribution in [-0.4, -0.2) is 37.3 Å². The second-order valence-corrected chi connectivity index (χ2v) is 7.04. The molecule has 0 aliphatic rings. The van der Waals surface area contributed by atoms with Gasteiger partial charge in [0.25, 0.3) is 0 Å². The number of rotatable bonds is 6. The molecule has 0 fully saturated rings. The van der Waals surface area contributed by atoms with E-state index >= 15 is 0 Å². The predicted molar refractivity (Wildman–Crippen MR) is 73.2 cm³/mol. The van der Waals surface area contributed by atoms with Gasteiger partial charge in [0.05, 0.1) is 16.2 Å². The van der Waals surface area contributed by atoms with Gasteiger partial charge in [-0.05, 0) is 43.0 Å². The third-order valence-corrected chi connectivity index (χ3v) is 5.06. The number of carbonyl (C=O) groups is 1. The van der Waals surface area contributed by atoms with Gasteiger partial charge in [-0.1, -0.05) is 6.07 Å². The predicted octanol–water partition coefficient (Wildman–Crippen LogP) is 2.22. The Morgan fingerprint density at radius 2 is 2.06 bits per heavy atom. The number of carboxylic acid groups (broad SMARTS) is 1. The van der Waals surface area contributed by atoms with Crippen molar-refractivity contribution in [3.63, 3.8) is 0 Å². The first-order valence-corrected chi connectivity index (χ1v) is 8.48. The average molecular weight is 288 g/mol. The van der Waals surface area contributed by atoms with Crippen LogP contribution in [0.4, 0.5) is 0 Å². The van der Waals surface area contributed by atoms with E-state index in [2.05, 4.69) is 0 Å². The van der Waals surface area contributed by atoms with Crippen LogP contribution in [0.25, 0.3) is 0 Å². The number of aryl methyl sites for hydroxylation is 1. The van der Waals surface area contributed by atoms with Gasteiger partial charge in [-0.25, -0.2) is 13.2 Å². The van der Waals surface area contributed by atoms with Crippen LogP contribution in [0.3, 0.4) is 0 Å². The SMILES string of the molecule is CSCCCS(=O)(=O)c1ccc(C)c(C(=O)O)c1. The molecule has 1 aromatic carbocycles. The van der Waals surface area contributed by atoms with E-state index in [1.807, 2.05) is 6.26 Å². The van der Waals surface area contributed by atoms with E-state index in [-0.39, 0.29) is 16.2 Å². The molecule has 0 bridgehead atoms. The Bertz CT molecular complexity index is 535. The summed E-state index contributed by atoms with van der Waals surface area (Å²) in [5, 5.41) is 8.97. The first-order chi connectivity index (χ1) is 8.38. The highest BCUT2D eigenvalue weighted by atomic mass is 32.2. The first kappa shape index (κ1) is 15.0. The van der Waals surface area contributed by atoms with Crippen molar-refractivity contribution >= 4 is 27.6 Å². The largest absolute Gasteiger partial charge is 0.478 e. The molecule has 0 aromatic heterocycles. The maximum absolute atomic E-state index is 12.0. The topological polar surface area (TPSA) is 71.4 Å². The van der Waals surface area contributed by atoms with Crippen molar-refractivity contribution in [1.29, 1.82) is 0 Å². The van der Waals surface area contributed by atoms with Crippen LogP contribution in [0.5, 0.6) is 0 Å². The number of benzene rings is 1. The molecule has 0 radical (unpaired) electrons. The van der Waals surface area contributed by atoms with Gasteiger partial charge in [0.15, 0.2) is 9.84 Å². The van der Waals surface area contributed by atoms with Crippen LogP contribution in [0.15, 0.2) is 23.1 Å². The maximum atomic E-state index is 12.0. The van der Waals surface area contributed by atoms with Crippen molar-refractivity contribution in [3.05, 3.63) is 29.3 Å². The van der Waals surface area contributed by atoms with E-state index in [0.29, 0.717) is 12.0 Å². The molecule has 0 amide bonds. The van der Waals surface area contributed by atoms with Gasteiger partial charge in [0.2, 0.25) is 0 Å². The van der Waals surface area contributed by atoms with Gasteiger partial charge < -0.3 is 5.11 Å². The molecule has 0 saturated carbocycles. The van der Waals surface area contributed by atoms with Gasteiger partial charge >= 0.3 is 5.97 Å². The second-order valence-electron chi connectivity index (χ2n) is 3.95. The summed E-state index contributed by atoms with van der Waals surface area (Å²) in [7, 11) is -3.38. The van der Waals surface area contributed by atoms with E-state index in [9.17, 15) is 13.2 Å². The second kappa shape index (κ2) is 6.24. The summed E-state index contributed by atoms with van der Waals surface area (Å²) in [5.74, 6) is -0.277. The number of hydrogen-bond acceptors (Lipinski definition) is 4. The van der Waals surface area contributed by atoms with Crippen LogP contribution < -0.4 is 0 Å². The molecular weight excluding hydrogens is 272 g/mol. The minimum atomic E-state index is -3.38. The lowest BCUT2D eigenvalue weighted by atomic mass is 10.1. The van der Waals surface area contributed by atoms with Crippen molar-refractivity contribution in [3.8, 4) is 0 Å². The molecule has 100 valence electrons. The zero-order valence-electron chi connectivity index (χ0n) is 10.3. The molecule has 0 aliphatic carbocycles. The van der Waals surface area contributed by atoms with Gasteiger partial charge in [0.1, 0.15) is 0 Å². The van der Waals surface area contributed by atoms with Crippen LogP contribution in [-0.2, 0) is 9.84 Å². The Morgan fingerprint density at radius 1 is 1.39 bits per heavy atom. The summed E-state index contributed by atoms with van der Waals surface area (Å²) >= 11 is 1.59. The van der Waals surface area contributed by atoms with E-state index in [1.165, 1.54) is 18.2 Å². The Morgan fingerprint density at radius 3 is 2.61 bits per heavy atom. The Balaban J connectivity index is 3.02. The summed E-state index contributed by atoms with van der Waals surface area (Å²) in [6, 6.07) is 4.24. The Labute approximate surface area is 111 Å². The zero-order valence-corrected chi connectivity index (χ0v) is 12.0. The van der Waals surface area contributed by atoms with Crippen LogP contribution in [0.2, 0.25) is 0 Å². The molecule has 0 aliphatic heterocycles. The molecular formula is C12H16O4S2. The number of sulfone groups is 1. The van der Waals surface area contributed by atoms with E-state index < -0.39 is 15.8 Å². The Kier molecular flexibility index (Phi) is 5.22. The summed E-state index contributed by atoms with van der Waals surface area (Å²) in [5.41, 5.74) is 0.603. The highest BCUT2D eigenvalue weighted by molar-refractivity contribution is 7.98. The summed E-state index contributed by atoms with van der Waals surface area (Å²) in [6.45, 7) is 1.65. The quantitative estimate of drug-likeness (QED) is 0.813. The molecule has 1 rings (SSSR count). The number of hydrogen-bond donors (Lipinski definition) is 1. The lowest BCUT2D eigenvalue weighted by Gasteiger charge is -2.07. The van der Waals surface area contributed by atoms with Gasteiger partial charge in [0, 0.05) is 0 Å². The standard InChI is InChI=1S/C12H16O4S2/c1-9-4-5-10(8-11(9)12(13)14)18(15,16)7-3-6-17-2/h4-5,8H,3,6-7H2,1-2H3,(H,13,14). The van der Waals surface area contributed by atoms with Gasteiger partial charge in [-0.2, -0.15) is 11.8 Å². The van der Waals surface area contributed by atoms with Crippen LogP contribution in [0, 0.1) is 6.92 Å². The fourth-order valence-corrected chi connectivity index (χ4v) is 3.48. The van der Waals surface area contributed by atoms with Gasteiger partial charge in [-0.3, -0.25) is 0 Å². The molecule has 6 heteroatoms. The Hall–Kier alpha value is -1.01. The van der Waals surface area contributed by atoms with E-state index in [4.69, 9.17) is 5.11 Å². The molecule has 1 aromatic rings. The smallest absolute Gasteiger partial charge is 0.335 e. The van der Waals surface area contributed by atoms with Crippen molar-refractivity contribution in [2.24, 2.45) is 0 Å². The monoisotopic (exact) mass is 288 g/mol. The van der Waals surface area contributed by atoms with E-state index in [0.717, 1.165) is 5.75 Å². The first-order valence-electron chi connectivity index (χ1n) is 5.44. The van der Waals surface area contributed by atoms with Gasteiger partial charge in [-0.15, -0.1) is 0 Å². The zero-order chi connectivity index (χ0) is 13.8. The molecule has 0 heterocycles. The fraction of sp³-hybridized carbons (Fsp3) is 0.417. The van der Waals surface area contributed by atoms with E-state index in [1.54, 1.807) is 18.7 Å². The van der Waals surface area contributed by atoms with Crippen LogP contribution in [0.1, 0.15) is 22.3 Å². The van der Waals surface area contributed by atoms with Crippen LogP contribution >= 0.6 is 11.8 Å². The molecule has 0 spiro atoms. The number of carboxylic acids is 1. The number of aromatic carboxylic acids is 1. The average Bonchev–Trinajstić information content (AvgIpc) is 2.29. The third kappa shape index (κ3) is 3.74. The highest BCUT2D eigenvalue weighted by Crippen LogP contribution is 2.18. The minimum Gasteiger partial charge on any atom is -0.478 e. The molecule has 1 N–H and O–H groups in total. The highest BCUT2D eigenvalue weighted by Gasteiger charge is 2.17. The molecule has 0 atom stereocenters. The summed E-state index contributed by atoms with van der Waals surface area (Å²) in [4.78, 5) is 11.1. The molecule has 0 saturated heterocycles. The fourth-order valence-electron chi connectivity index (χ4n) is 1.54. The lowest BCUT2D eigenvalue weighted by Crippen LogP contribution is -2.10. The van der Waals surface area contributed by atoms with Crippen molar-refractivity contribution in [2.45, 2.75) is 18.2 Å².